The van der Waals surface area contributed by atoms with E-state index in [0.717, 1.165) is 35.0 Å². The Hall–Kier alpha value is -2.00. The molecule has 3 aromatic rings. The number of aryl methyl sites for hydroxylation is 1. The predicted octanol–water partition coefficient (Wildman–Crippen LogP) is 5.07. The molecule has 4 rings (SSSR count). The fraction of sp³-hybridized carbons (Fsp3) is 0.333. The smallest absolute Gasteiger partial charge is 0.257 e. The van der Waals surface area contributed by atoms with Crippen LogP contribution in [-0.4, -0.2) is 36.2 Å². The fourth-order valence-electron chi connectivity index (χ4n) is 3.67. The van der Waals surface area contributed by atoms with Gasteiger partial charge >= 0.3 is 0 Å². The van der Waals surface area contributed by atoms with E-state index in [1.54, 1.807) is 4.31 Å². The molecule has 30 heavy (non-hydrogen) atoms. The second-order valence-electron chi connectivity index (χ2n) is 7.50. The van der Waals surface area contributed by atoms with Gasteiger partial charge in [-0.2, -0.15) is 4.31 Å². The van der Waals surface area contributed by atoms with Crippen LogP contribution in [0.2, 0.25) is 5.02 Å². The number of carbonyl (C=O) groups excluding carboxylic acids is 1. The molecule has 0 bridgehead atoms. The van der Waals surface area contributed by atoms with Crippen LogP contribution in [0.15, 0.2) is 41.3 Å². The lowest BCUT2D eigenvalue weighted by Crippen LogP contribution is -2.41. The normalized spacial score (nSPS) is 17.9. The lowest BCUT2D eigenvalue weighted by Gasteiger charge is -2.32. The summed E-state index contributed by atoms with van der Waals surface area (Å²) in [6.07, 6.45) is 2.78. The highest BCUT2D eigenvalue weighted by atomic mass is 35.5. The first kappa shape index (κ1) is 21.2. The van der Waals surface area contributed by atoms with Crippen molar-refractivity contribution in [3.05, 3.63) is 52.5 Å². The zero-order valence-electron chi connectivity index (χ0n) is 16.7. The molecule has 1 saturated heterocycles. The van der Waals surface area contributed by atoms with Crippen molar-refractivity contribution in [3.8, 4) is 0 Å². The van der Waals surface area contributed by atoms with Gasteiger partial charge in [-0.25, -0.2) is 13.4 Å². The minimum absolute atomic E-state index is 0.0129. The molecule has 1 atom stereocenters. The minimum atomic E-state index is -3.56. The van der Waals surface area contributed by atoms with Crippen LogP contribution in [0.25, 0.3) is 10.2 Å². The number of fused-ring (bicyclic) bond motifs is 1. The quantitative estimate of drug-likeness (QED) is 0.585. The summed E-state index contributed by atoms with van der Waals surface area (Å²) in [7, 11) is -3.56. The first-order valence-electron chi connectivity index (χ1n) is 9.76. The monoisotopic (exact) mass is 463 g/mol. The van der Waals surface area contributed by atoms with Crippen molar-refractivity contribution < 1.29 is 13.2 Å². The van der Waals surface area contributed by atoms with Gasteiger partial charge in [0.25, 0.3) is 5.91 Å². The third-order valence-electron chi connectivity index (χ3n) is 5.38. The highest BCUT2D eigenvalue weighted by molar-refractivity contribution is 7.89. The van der Waals surface area contributed by atoms with Gasteiger partial charge in [0, 0.05) is 18.2 Å². The number of piperidine rings is 1. The summed E-state index contributed by atoms with van der Waals surface area (Å²) >= 11 is 7.54. The Morgan fingerprint density at radius 2 is 1.93 bits per heavy atom. The second-order valence-corrected chi connectivity index (χ2v) is 10.8. The van der Waals surface area contributed by atoms with Crippen LogP contribution in [0.1, 0.15) is 42.1 Å². The zero-order valence-corrected chi connectivity index (χ0v) is 19.1. The molecule has 158 valence electrons. The molecule has 0 radical (unpaired) electrons. The predicted molar refractivity (Wildman–Crippen MR) is 121 cm³/mol. The molecule has 2 heterocycles. The Kier molecular flexibility index (Phi) is 5.85. The maximum Gasteiger partial charge on any atom is 0.257 e. The summed E-state index contributed by atoms with van der Waals surface area (Å²) in [4.78, 5) is 17.3. The third-order valence-corrected chi connectivity index (χ3v) is 8.84. The maximum atomic E-state index is 12.9. The summed E-state index contributed by atoms with van der Waals surface area (Å²) in [6.45, 7) is 4.40. The molecule has 6 nitrogen and oxygen atoms in total. The van der Waals surface area contributed by atoms with E-state index in [4.69, 9.17) is 11.6 Å². The average molecular weight is 464 g/mol. The molecule has 9 heteroatoms. The molecule has 1 N–H and O–H groups in total. The Balaban J connectivity index is 1.53. The Bertz CT molecular complexity index is 1170. The number of hydrogen-bond donors (Lipinski definition) is 1. The number of sulfonamides is 1. The van der Waals surface area contributed by atoms with E-state index in [1.807, 2.05) is 26.0 Å². The van der Waals surface area contributed by atoms with E-state index in [1.165, 1.54) is 35.6 Å². The van der Waals surface area contributed by atoms with E-state index < -0.39 is 10.0 Å². The summed E-state index contributed by atoms with van der Waals surface area (Å²) in [5.74, 6) is -0.349. The van der Waals surface area contributed by atoms with Crippen LogP contribution in [0.3, 0.4) is 0 Å². The van der Waals surface area contributed by atoms with Crippen LogP contribution in [0.4, 0.5) is 5.13 Å². The van der Waals surface area contributed by atoms with Crippen molar-refractivity contribution in [3.63, 3.8) is 0 Å². The standard InChI is InChI=1S/C21H22ClN3O3S2/c1-13-6-11-17(22)19-18(13)23-21(29-19)24-20(26)15-7-9-16(10-8-15)30(27,28)25-12-4-3-5-14(25)2/h6-11,14H,3-5,12H2,1-2H3,(H,23,24,26). The number of amides is 1. The molecular formula is C21H22ClN3O3S2. The number of anilines is 1. The van der Waals surface area contributed by atoms with E-state index >= 15 is 0 Å². The van der Waals surface area contributed by atoms with Gasteiger partial charge in [0.05, 0.1) is 20.1 Å². The summed E-state index contributed by atoms with van der Waals surface area (Å²) in [6, 6.07) is 9.73. The van der Waals surface area contributed by atoms with Crippen molar-refractivity contribution in [2.45, 2.75) is 44.0 Å². The Labute approximate surface area is 184 Å². The molecule has 0 spiro atoms. The molecule has 1 fully saturated rings. The van der Waals surface area contributed by atoms with E-state index in [0.29, 0.717) is 22.3 Å². The first-order valence-corrected chi connectivity index (χ1v) is 12.4. The van der Waals surface area contributed by atoms with E-state index in [9.17, 15) is 13.2 Å². The van der Waals surface area contributed by atoms with Crippen LogP contribution >= 0.6 is 22.9 Å². The fourth-order valence-corrected chi connectivity index (χ4v) is 6.58. The molecular weight excluding hydrogens is 442 g/mol. The van der Waals surface area contributed by atoms with Crippen molar-refractivity contribution in [1.29, 1.82) is 0 Å². The van der Waals surface area contributed by atoms with Crippen LogP contribution in [-0.2, 0) is 10.0 Å². The summed E-state index contributed by atoms with van der Waals surface area (Å²) in [5.41, 5.74) is 2.11. The minimum Gasteiger partial charge on any atom is -0.298 e. The van der Waals surface area contributed by atoms with Gasteiger partial charge in [0.2, 0.25) is 10.0 Å². The number of halogens is 1. The average Bonchev–Trinajstić information content (AvgIpc) is 3.16. The molecule has 1 aromatic heterocycles. The zero-order chi connectivity index (χ0) is 21.5. The first-order chi connectivity index (χ1) is 14.3. The number of benzene rings is 2. The second kappa shape index (κ2) is 8.26. The third kappa shape index (κ3) is 3.97. The molecule has 1 aliphatic rings. The number of hydrogen-bond acceptors (Lipinski definition) is 5. The van der Waals surface area contributed by atoms with Crippen molar-refractivity contribution >= 4 is 54.2 Å². The molecule has 1 unspecified atom stereocenters. The van der Waals surface area contributed by atoms with Gasteiger partial charge < -0.3 is 0 Å². The SMILES string of the molecule is Cc1ccc(Cl)c2sc(NC(=O)c3ccc(S(=O)(=O)N4CCCCC4C)cc3)nc12. The Morgan fingerprint density at radius 1 is 1.20 bits per heavy atom. The highest BCUT2D eigenvalue weighted by Crippen LogP contribution is 2.34. The molecule has 0 aliphatic carbocycles. The van der Waals surface area contributed by atoms with Crippen LogP contribution in [0.5, 0.6) is 0 Å². The number of rotatable bonds is 4. The number of nitrogens with one attached hydrogen (secondary N) is 1. The highest BCUT2D eigenvalue weighted by Gasteiger charge is 2.31. The summed E-state index contributed by atoms with van der Waals surface area (Å²) in [5, 5.41) is 3.82. The number of aromatic nitrogens is 1. The van der Waals surface area contributed by atoms with Gasteiger partial charge in [-0.3, -0.25) is 10.1 Å². The molecule has 2 aromatic carbocycles. The number of nitrogens with zero attached hydrogens (tertiary/aromatic N) is 2. The molecule has 1 amide bonds. The Morgan fingerprint density at radius 3 is 2.60 bits per heavy atom. The van der Waals surface area contributed by atoms with Crippen LogP contribution in [0, 0.1) is 6.92 Å². The lowest BCUT2D eigenvalue weighted by atomic mass is 10.1. The molecule has 0 saturated carbocycles. The van der Waals surface area contributed by atoms with Gasteiger partial charge in [0.1, 0.15) is 0 Å². The molecule has 1 aliphatic heterocycles. The van der Waals surface area contributed by atoms with Gasteiger partial charge in [-0.1, -0.05) is 35.4 Å². The van der Waals surface area contributed by atoms with Gasteiger partial charge in [-0.15, -0.1) is 0 Å². The maximum absolute atomic E-state index is 12.9. The van der Waals surface area contributed by atoms with Crippen molar-refractivity contribution in [2.24, 2.45) is 0 Å². The largest absolute Gasteiger partial charge is 0.298 e. The van der Waals surface area contributed by atoms with Gasteiger partial charge in [-0.05, 0) is 62.6 Å². The van der Waals surface area contributed by atoms with Crippen LogP contribution < -0.4 is 5.32 Å². The van der Waals surface area contributed by atoms with Gasteiger partial charge in [0.15, 0.2) is 5.13 Å². The van der Waals surface area contributed by atoms with E-state index in [2.05, 4.69) is 10.3 Å². The number of thiazole rings is 1. The van der Waals surface area contributed by atoms with Crippen molar-refractivity contribution in [2.75, 3.05) is 11.9 Å². The number of carbonyl (C=O) groups is 1. The topological polar surface area (TPSA) is 79.4 Å². The van der Waals surface area contributed by atoms with Crippen molar-refractivity contribution in [1.82, 2.24) is 9.29 Å². The van der Waals surface area contributed by atoms with E-state index in [-0.39, 0.29) is 16.8 Å². The lowest BCUT2D eigenvalue weighted by molar-refractivity contribution is 0.102. The summed E-state index contributed by atoms with van der Waals surface area (Å²) < 4.78 is 28.3.